The van der Waals surface area contributed by atoms with Crippen molar-refractivity contribution >= 4 is 32.2 Å². The second-order valence-electron chi connectivity index (χ2n) is 8.94. The highest BCUT2D eigenvalue weighted by molar-refractivity contribution is 9.09. The maximum atomic E-state index is 13.6. The summed E-state index contributed by atoms with van der Waals surface area (Å²) in [6.07, 6.45) is 2.84. The van der Waals surface area contributed by atoms with Crippen molar-refractivity contribution in [2.75, 3.05) is 5.33 Å². The van der Waals surface area contributed by atoms with Crippen LogP contribution >= 0.6 is 15.9 Å². The van der Waals surface area contributed by atoms with Crippen LogP contribution in [0, 0.1) is 11.3 Å². The predicted octanol–water partition coefficient (Wildman–Crippen LogP) is 4.82. The summed E-state index contributed by atoms with van der Waals surface area (Å²) in [6.45, 7) is 6.92. The first-order chi connectivity index (χ1) is 13.3. The zero-order valence-electron chi connectivity index (χ0n) is 17.4. The fourth-order valence-corrected chi connectivity index (χ4v) is 6.82. The molecular weight excluding hydrogens is 428 g/mol. The summed E-state index contributed by atoms with van der Waals surface area (Å²) in [5.41, 5.74) is 1.03. The van der Waals surface area contributed by atoms with Crippen molar-refractivity contribution in [1.29, 1.82) is 0 Å². The summed E-state index contributed by atoms with van der Waals surface area (Å²) in [4.78, 5) is 13.6. The lowest BCUT2D eigenvalue weighted by molar-refractivity contribution is -0.148. The van der Waals surface area contributed by atoms with Gasteiger partial charge in [-0.15, -0.1) is 0 Å². The molecule has 0 spiro atoms. The summed E-state index contributed by atoms with van der Waals surface area (Å²) < 4.78 is 6.44. The monoisotopic (exact) mass is 458 g/mol. The average molecular weight is 460 g/mol. The van der Waals surface area contributed by atoms with Crippen molar-refractivity contribution < 1.29 is 9.22 Å². The quantitative estimate of drug-likeness (QED) is 0.474. The zero-order valence-corrected chi connectivity index (χ0v) is 21.0. The third-order valence-corrected chi connectivity index (χ3v) is 7.81. The fourth-order valence-electron chi connectivity index (χ4n) is 5.61. The lowest BCUT2D eigenvalue weighted by Gasteiger charge is -2.60. The number of ketones is 1. The Morgan fingerprint density at radius 3 is 1.96 bits per heavy atom. The van der Waals surface area contributed by atoms with Crippen LogP contribution in [0.4, 0.5) is 0 Å². The second kappa shape index (κ2) is 8.25. The number of carbonyl (C=O) groups is 1. The number of alkyl halides is 1. The van der Waals surface area contributed by atoms with Gasteiger partial charge in [0, 0.05) is 0 Å². The molecule has 1 aliphatic rings. The van der Waals surface area contributed by atoms with E-state index in [1.54, 1.807) is 0 Å². The van der Waals surface area contributed by atoms with E-state index >= 15 is 0 Å². The van der Waals surface area contributed by atoms with E-state index in [0.717, 1.165) is 19.3 Å². The second-order valence-corrected chi connectivity index (χ2v) is 9.91. The summed E-state index contributed by atoms with van der Waals surface area (Å²) in [5.74, 6) is 0.430. The molecule has 0 aliphatic heterocycles. The molecule has 1 fully saturated rings. The Hall–Kier alpha value is -1.23. The van der Waals surface area contributed by atoms with Crippen LogP contribution in [-0.2, 0) is 14.6 Å². The van der Waals surface area contributed by atoms with Crippen LogP contribution in [0.25, 0.3) is 0 Å². The third-order valence-electron chi connectivity index (χ3n) is 6.61. The lowest BCUT2D eigenvalue weighted by atomic mass is 9.46. The predicted molar refractivity (Wildman–Crippen MR) is 123 cm³/mol. The Balaban J connectivity index is 2.47. The Bertz CT molecular complexity index is 761. The van der Waals surface area contributed by atoms with Crippen molar-refractivity contribution in [3.63, 3.8) is 0 Å². The maximum Gasteiger partial charge on any atom is 0.175 e. The van der Waals surface area contributed by atoms with E-state index in [9.17, 15) is 4.79 Å². The zero-order chi connectivity index (χ0) is 20.4. The molecule has 3 rings (SSSR count). The molecule has 1 saturated carbocycles. The maximum absolute atomic E-state index is 13.6. The minimum absolute atomic E-state index is 0.0179. The minimum atomic E-state index is -0.846. The topological polar surface area (TPSA) is 26.3 Å². The van der Waals surface area contributed by atoms with Crippen molar-refractivity contribution in [1.82, 2.24) is 0 Å². The molecule has 2 atom stereocenters. The average Bonchev–Trinajstić information content (AvgIpc) is 2.72. The smallest absolute Gasteiger partial charge is 0.175 e. The van der Waals surface area contributed by atoms with Gasteiger partial charge < -0.3 is 4.43 Å². The van der Waals surface area contributed by atoms with Crippen LogP contribution in [0.1, 0.15) is 51.2 Å². The van der Waals surface area contributed by atoms with Crippen LogP contribution in [-0.4, -0.2) is 27.2 Å². The van der Waals surface area contributed by atoms with E-state index in [1.165, 1.54) is 11.1 Å². The van der Waals surface area contributed by atoms with Gasteiger partial charge in [0.15, 0.2) is 5.78 Å². The number of benzene rings is 2. The molecule has 0 unspecified atom stereocenters. The molecule has 150 valence electrons. The molecule has 0 bridgehead atoms. The van der Waals surface area contributed by atoms with Crippen molar-refractivity contribution in [2.24, 2.45) is 11.3 Å². The first-order valence-corrected chi connectivity index (χ1v) is 12.0. The van der Waals surface area contributed by atoms with Crippen molar-refractivity contribution in [3.05, 3.63) is 71.8 Å². The lowest BCUT2D eigenvalue weighted by Crippen LogP contribution is -2.66. The van der Waals surface area contributed by atoms with Gasteiger partial charge in [0.25, 0.3) is 0 Å². The summed E-state index contributed by atoms with van der Waals surface area (Å²) in [6, 6.07) is 21.2. The molecule has 0 N–H and O–H groups in total. The number of carbonyl (C=O) groups excluding carboxylic acids is 1. The van der Waals surface area contributed by atoms with Gasteiger partial charge in [0.2, 0.25) is 0 Å². The first-order valence-electron chi connectivity index (χ1n) is 10.1. The van der Waals surface area contributed by atoms with Gasteiger partial charge in [0.05, 0.1) is 10.7 Å². The Morgan fingerprint density at radius 2 is 1.57 bits per heavy atom. The molecule has 2 aromatic rings. The molecular formula is C24H31BrO2Si. The molecule has 1 aliphatic carbocycles. The molecule has 0 radical (unpaired) electrons. The number of halogens is 1. The molecule has 2 nitrogen and oxygen atoms in total. The van der Waals surface area contributed by atoms with Gasteiger partial charge in [0.1, 0.15) is 16.1 Å². The first kappa shape index (κ1) is 21.5. The fraction of sp³-hybridized carbons (Fsp3) is 0.458. The van der Waals surface area contributed by atoms with Gasteiger partial charge in [-0.1, -0.05) is 97.4 Å². The number of Topliss-reactive ketones (excluding diaryl/α,β-unsaturated/α-hetero) is 1. The minimum Gasteiger partial charge on any atom is -0.415 e. The molecule has 0 heterocycles. The molecule has 0 saturated heterocycles. The highest BCUT2D eigenvalue weighted by atomic mass is 79.9. The highest BCUT2D eigenvalue weighted by Crippen LogP contribution is 2.60. The number of rotatable bonds is 5. The number of hydrogen-bond acceptors (Lipinski definition) is 2. The van der Waals surface area contributed by atoms with Gasteiger partial charge in [-0.05, 0) is 41.7 Å². The summed E-state index contributed by atoms with van der Waals surface area (Å²) in [5, 5.41) is 0.313. The van der Waals surface area contributed by atoms with Crippen LogP contribution in [0.2, 0.25) is 0 Å². The van der Waals surface area contributed by atoms with Crippen molar-refractivity contribution in [3.8, 4) is 0 Å². The van der Waals surface area contributed by atoms with E-state index < -0.39 is 11.0 Å². The third kappa shape index (κ3) is 3.23. The van der Waals surface area contributed by atoms with Gasteiger partial charge in [-0.3, -0.25) is 4.79 Å². The van der Waals surface area contributed by atoms with Gasteiger partial charge in [-0.25, -0.2) is 0 Å². The van der Waals surface area contributed by atoms with E-state index in [1.807, 2.05) is 12.1 Å². The molecule has 4 heteroatoms. The molecule has 2 aromatic carbocycles. The summed E-state index contributed by atoms with van der Waals surface area (Å²) in [7, 11) is 0.516. The normalized spacial score (nSPS) is 24.8. The standard InChI is InChI=1S/C24H31BrO2Si/c1-22(2,3)20-15-10-16-23(27-28,21(26)17-25)24(20,18-11-6-4-7-12-18)19-13-8-5-9-14-19/h4-9,11-14,20H,10,15-17H2,1-3,28H3/t20-,23-/m0/s1. The van der Waals surface area contributed by atoms with E-state index in [4.69, 9.17) is 4.43 Å². The Morgan fingerprint density at radius 1 is 1.07 bits per heavy atom. The van der Waals surface area contributed by atoms with Gasteiger partial charge >= 0.3 is 0 Å². The largest absolute Gasteiger partial charge is 0.415 e. The Labute approximate surface area is 180 Å². The van der Waals surface area contributed by atoms with Crippen molar-refractivity contribution in [2.45, 2.75) is 51.0 Å². The highest BCUT2D eigenvalue weighted by Gasteiger charge is 2.64. The summed E-state index contributed by atoms with van der Waals surface area (Å²) >= 11 is 3.48. The molecule has 0 amide bonds. The SMILES string of the molecule is CC(C)(C)[C@@H]1CCC[C@](O[SiH3])(C(=O)CBr)C1(c1ccccc1)c1ccccc1. The van der Waals surface area contributed by atoms with Crippen LogP contribution in [0.3, 0.4) is 0 Å². The van der Waals surface area contributed by atoms with E-state index in [-0.39, 0.29) is 17.1 Å². The van der Waals surface area contributed by atoms with Crippen LogP contribution < -0.4 is 0 Å². The Kier molecular flexibility index (Phi) is 6.33. The number of hydrogen-bond donors (Lipinski definition) is 0. The molecule has 28 heavy (non-hydrogen) atoms. The molecule has 0 aromatic heterocycles. The van der Waals surface area contributed by atoms with E-state index in [2.05, 4.69) is 85.2 Å². The van der Waals surface area contributed by atoms with Crippen LogP contribution in [0.15, 0.2) is 60.7 Å². The van der Waals surface area contributed by atoms with Gasteiger partial charge in [-0.2, -0.15) is 0 Å². The van der Waals surface area contributed by atoms with E-state index in [0.29, 0.717) is 15.8 Å². The van der Waals surface area contributed by atoms with Crippen LogP contribution in [0.5, 0.6) is 0 Å².